The minimum atomic E-state index is -3.44. The fourth-order valence-electron chi connectivity index (χ4n) is 0.490. The number of phosphoric ester groups is 1. The second kappa shape index (κ2) is 6.88. The van der Waals surface area contributed by atoms with Crippen molar-refractivity contribution in [3.8, 4) is 12.3 Å². The third-order valence-electron chi connectivity index (χ3n) is 1.09. The first-order chi connectivity index (χ1) is 6.18. The summed E-state index contributed by atoms with van der Waals surface area (Å²) in [4.78, 5) is 0. The van der Waals surface area contributed by atoms with E-state index in [0.29, 0.717) is 0 Å². The molecule has 0 bridgehead atoms. The van der Waals surface area contributed by atoms with E-state index in [1.807, 2.05) is 6.92 Å². The second-order valence-electron chi connectivity index (χ2n) is 1.97. The lowest BCUT2D eigenvalue weighted by molar-refractivity contribution is 0.154. The summed E-state index contributed by atoms with van der Waals surface area (Å²) < 4.78 is 25.6. The van der Waals surface area contributed by atoms with Crippen molar-refractivity contribution in [1.82, 2.24) is 0 Å². The molecule has 0 saturated heterocycles. The van der Waals surface area contributed by atoms with Gasteiger partial charge in [-0.2, -0.15) is 0 Å². The normalized spacial score (nSPS) is 15.5. The van der Waals surface area contributed by atoms with E-state index >= 15 is 0 Å². The average molecular weight is 204 g/mol. The molecule has 0 aromatic heterocycles. The van der Waals surface area contributed by atoms with E-state index in [1.165, 1.54) is 7.11 Å². The summed E-state index contributed by atoms with van der Waals surface area (Å²) in [6, 6.07) is 0. The SMILES string of the molecule is C#CCOP(=O)(OC)OC/C=C/C. The van der Waals surface area contributed by atoms with Gasteiger partial charge in [-0.3, -0.25) is 13.6 Å². The van der Waals surface area contributed by atoms with E-state index in [9.17, 15) is 4.57 Å². The molecule has 0 spiro atoms. The number of hydrogen-bond donors (Lipinski definition) is 0. The Hall–Kier alpha value is -0.590. The van der Waals surface area contributed by atoms with Crippen molar-refractivity contribution in [2.24, 2.45) is 0 Å². The van der Waals surface area contributed by atoms with Gasteiger partial charge in [0.2, 0.25) is 0 Å². The molecule has 0 fully saturated rings. The molecule has 0 amide bonds. The molecule has 0 heterocycles. The second-order valence-corrected chi connectivity index (χ2v) is 3.75. The lowest BCUT2D eigenvalue weighted by Crippen LogP contribution is -1.98. The molecular formula is C8H13O4P. The third kappa shape index (κ3) is 5.62. The molecule has 0 rings (SSSR count). The molecule has 0 aromatic carbocycles. The van der Waals surface area contributed by atoms with Crippen LogP contribution in [0.3, 0.4) is 0 Å². The predicted octanol–water partition coefficient (Wildman–Crippen LogP) is 1.98. The Morgan fingerprint density at radius 1 is 1.54 bits per heavy atom. The summed E-state index contributed by atoms with van der Waals surface area (Å²) in [7, 11) is -2.20. The summed E-state index contributed by atoms with van der Waals surface area (Å²) in [6.07, 6.45) is 8.37. The molecule has 0 N–H and O–H groups in total. The lowest BCUT2D eigenvalue weighted by atomic mass is 10.6. The maximum Gasteiger partial charge on any atom is 0.475 e. The molecule has 0 aliphatic heterocycles. The Morgan fingerprint density at radius 2 is 2.23 bits per heavy atom. The standard InChI is InChI=1S/C8H13O4P/c1-4-6-8-12-13(9,10-3)11-7-5-2/h2,4,6H,7-8H2,1,3H3/b6-4+. The van der Waals surface area contributed by atoms with Gasteiger partial charge in [0.1, 0.15) is 6.61 Å². The number of rotatable bonds is 6. The van der Waals surface area contributed by atoms with Gasteiger partial charge in [-0.15, -0.1) is 6.42 Å². The first-order valence-electron chi connectivity index (χ1n) is 3.68. The maximum atomic E-state index is 11.4. The molecule has 0 aromatic rings. The fraction of sp³-hybridized carbons (Fsp3) is 0.500. The summed E-state index contributed by atoms with van der Waals surface area (Å²) in [5.74, 6) is 2.18. The van der Waals surface area contributed by atoms with Crippen LogP contribution in [0.5, 0.6) is 0 Å². The van der Waals surface area contributed by atoms with Crippen LogP contribution in [0.15, 0.2) is 12.2 Å². The van der Waals surface area contributed by atoms with Gasteiger partial charge >= 0.3 is 7.82 Å². The van der Waals surface area contributed by atoms with Gasteiger partial charge in [0.05, 0.1) is 6.61 Å². The van der Waals surface area contributed by atoms with Crippen molar-refractivity contribution < 1.29 is 18.1 Å². The van der Waals surface area contributed by atoms with Gasteiger partial charge in [-0.1, -0.05) is 18.1 Å². The highest BCUT2D eigenvalue weighted by Crippen LogP contribution is 2.48. The van der Waals surface area contributed by atoms with Gasteiger partial charge in [-0.05, 0) is 6.92 Å². The van der Waals surface area contributed by atoms with E-state index in [1.54, 1.807) is 12.2 Å². The van der Waals surface area contributed by atoms with Crippen LogP contribution < -0.4 is 0 Å². The van der Waals surface area contributed by atoms with Gasteiger partial charge in [0.15, 0.2) is 0 Å². The Labute approximate surface area is 78.5 Å². The molecule has 74 valence electrons. The highest BCUT2D eigenvalue weighted by Gasteiger charge is 2.23. The van der Waals surface area contributed by atoms with Crippen LogP contribution in [0.25, 0.3) is 0 Å². The zero-order valence-electron chi connectivity index (χ0n) is 7.73. The van der Waals surface area contributed by atoms with E-state index in [0.717, 1.165) is 0 Å². The maximum absolute atomic E-state index is 11.4. The van der Waals surface area contributed by atoms with Crippen molar-refractivity contribution in [2.75, 3.05) is 20.3 Å². The van der Waals surface area contributed by atoms with E-state index in [2.05, 4.69) is 10.4 Å². The zero-order chi connectivity index (χ0) is 10.2. The minimum absolute atomic E-state index is 0.0963. The fourth-order valence-corrected chi connectivity index (χ4v) is 1.28. The molecule has 5 heteroatoms. The van der Waals surface area contributed by atoms with Crippen LogP contribution in [0.4, 0.5) is 0 Å². The average Bonchev–Trinajstić information content (AvgIpc) is 2.15. The Balaban J connectivity index is 3.98. The van der Waals surface area contributed by atoms with Crippen molar-refractivity contribution in [1.29, 1.82) is 0 Å². The Morgan fingerprint density at radius 3 is 2.69 bits per heavy atom. The molecule has 0 radical (unpaired) electrons. The Bertz CT molecular complexity index is 241. The van der Waals surface area contributed by atoms with Crippen molar-refractivity contribution in [3.05, 3.63) is 12.2 Å². The van der Waals surface area contributed by atoms with Crippen molar-refractivity contribution in [3.63, 3.8) is 0 Å². The van der Waals surface area contributed by atoms with Crippen molar-refractivity contribution in [2.45, 2.75) is 6.92 Å². The van der Waals surface area contributed by atoms with Gasteiger partial charge in [0, 0.05) is 7.11 Å². The summed E-state index contributed by atoms with van der Waals surface area (Å²) in [5, 5.41) is 0. The summed E-state index contributed by atoms with van der Waals surface area (Å²) >= 11 is 0. The zero-order valence-corrected chi connectivity index (χ0v) is 8.62. The summed E-state index contributed by atoms with van der Waals surface area (Å²) in [6.45, 7) is 1.90. The van der Waals surface area contributed by atoms with Crippen LogP contribution in [-0.2, 0) is 18.1 Å². The molecule has 1 atom stereocenters. The smallest absolute Gasteiger partial charge is 0.290 e. The quantitative estimate of drug-likeness (QED) is 0.377. The number of hydrogen-bond acceptors (Lipinski definition) is 4. The number of terminal acetylenes is 1. The largest absolute Gasteiger partial charge is 0.475 e. The van der Waals surface area contributed by atoms with Gasteiger partial charge in [-0.25, -0.2) is 4.57 Å². The van der Waals surface area contributed by atoms with E-state index in [4.69, 9.17) is 15.5 Å². The highest BCUT2D eigenvalue weighted by molar-refractivity contribution is 7.48. The topological polar surface area (TPSA) is 44.8 Å². The van der Waals surface area contributed by atoms with Gasteiger partial charge in [0.25, 0.3) is 0 Å². The molecule has 4 nitrogen and oxygen atoms in total. The monoisotopic (exact) mass is 204 g/mol. The summed E-state index contributed by atoms with van der Waals surface area (Å²) in [5.41, 5.74) is 0. The molecule has 1 unspecified atom stereocenters. The highest BCUT2D eigenvalue weighted by atomic mass is 31.2. The predicted molar refractivity (Wildman–Crippen MR) is 50.2 cm³/mol. The Kier molecular flexibility index (Phi) is 6.56. The molecule has 0 aliphatic carbocycles. The molecule has 13 heavy (non-hydrogen) atoms. The first-order valence-corrected chi connectivity index (χ1v) is 5.14. The molecule has 0 aliphatic rings. The molecule has 0 saturated carbocycles. The van der Waals surface area contributed by atoms with E-state index < -0.39 is 7.82 Å². The number of allylic oxidation sites excluding steroid dienone is 1. The van der Waals surface area contributed by atoms with E-state index in [-0.39, 0.29) is 13.2 Å². The first kappa shape index (κ1) is 12.4. The van der Waals surface area contributed by atoms with Crippen molar-refractivity contribution >= 4 is 7.82 Å². The minimum Gasteiger partial charge on any atom is -0.290 e. The number of phosphoric acid groups is 1. The van der Waals surface area contributed by atoms with Crippen LogP contribution >= 0.6 is 7.82 Å². The van der Waals surface area contributed by atoms with Crippen LogP contribution in [0, 0.1) is 12.3 Å². The van der Waals surface area contributed by atoms with Crippen LogP contribution in [0.1, 0.15) is 6.92 Å². The van der Waals surface area contributed by atoms with Crippen LogP contribution in [0.2, 0.25) is 0 Å². The molecular weight excluding hydrogens is 191 g/mol. The lowest BCUT2D eigenvalue weighted by Gasteiger charge is -2.12. The van der Waals surface area contributed by atoms with Gasteiger partial charge < -0.3 is 0 Å². The third-order valence-corrected chi connectivity index (χ3v) is 2.45. The van der Waals surface area contributed by atoms with Crippen LogP contribution in [-0.4, -0.2) is 20.3 Å².